The van der Waals surface area contributed by atoms with E-state index in [1.54, 1.807) is 26.6 Å². The summed E-state index contributed by atoms with van der Waals surface area (Å²) in [6, 6.07) is 7.75. The molecule has 0 fully saturated rings. The Balaban J connectivity index is 1.52. The summed E-state index contributed by atoms with van der Waals surface area (Å²) in [7, 11) is 3.21. The molecule has 1 aromatic carbocycles. The van der Waals surface area contributed by atoms with Gasteiger partial charge in [-0.15, -0.1) is 0 Å². The van der Waals surface area contributed by atoms with E-state index in [1.807, 2.05) is 30.5 Å². The summed E-state index contributed by atoms with van der Waals surface area (Å²) in [6.07, 6.45) is 6.33. The molecule has 0 bridgehead atoms. The highest BCUT2D eigenvalue weighted by Gasteiger charge is 2.21. The van der Waals surface area contributed by atoms with E-state index in [0.717, 1.165) is 54.3 Å². The maximum absolute atomic E-state index is 6.54. The van der Waals surface area contributed by atoms with Crippen LogP contribution in [-0.2, 0) is 19.5 Å². The lowest BCUT2D eigenvalue weighted by molar-refractivity contribution is 0.242. The zero-order valence-electron chi connectivity index (χ0n) is 15.9. The Bertz CT molecular complexity index is 982. The number of ether oxygens (including phenoxy) is 2. The number of rotatable bonds is 5. The van der Waals surface area contributed by atoms with Gasteiger partial charge in [-0.2, -0.15) is 0 Å². The number of benzene rings is 1. The van der Waals surface area contributed by atoms with Crippen LogP contribution >= 0.6 is 11.6 Å². The molecule has 1 aliphatic heterocycles. The molecular weight excluding hydrogens is 376 g/mol. The van der Waals surface area contributed by atoms with Crippen LogP contribution in [0.1, 0.15) is 16.8 Å². The summed E-state index contributed by atoms with van der Waals surface area (Å²) >= 11 is 6.54. The van der Waals surface area contributed by atoms with Gasteiger partial charge in [-0.3, -0.25) is 9.88 Å². The van der Waals surface area contributed by atoms with Crippen molar-refractivity contribution in [3.8, 4) is 22.9 Å². The summed E-state index contributed by atoms with van der Waals surface area (Å²) in [5, 5.41) is 0.593. The zero-order chi connectivity index (χ0) is 19.5. The second kappa shape index (κ2) is 8.12. The average Bonchev–Trinajstić information content (AvgIpc) is 2.75. The lowest BCUT2D eigenvalue weighted by Crippen LogP contribution is -2.31. The molecule has 0 spiro atoms. The number of hydrogen-bond acceptors (Lipinski definition) is 6. The maximum atomic E-state index is 6.54. The molecule has 2 aromatic heterocycles. The van der Waals surface area contributed by atoms with Gasteiger partial charge in [0.15, 0.2) is 17.3 Å². The molecule has 0 N–H and O–H groups in total. The van der Waals surface area contributed by atoms with Gasteiger partial charge in [-0.25, -0.2) is 9.97 Å². The van der Waals surface area contributed by atoms with Gasteiger partial charge in [0.25, 0.3) is 0 Å². The normalized spacial score (nSPS) is 13.8. The summed E-state index contributed by atoms with van der Waals surface area (Å²) in [6.45, 7) is 2.41. The van der Waals surface area contributed by atoms with E-state index in [2.05, 4.69) is 14.9 Å². The van der Waals surface area contributed by atoms with Crippen molar-refractivity contribution in [1.29, 1.82) is 0 Å². The van der Waals surface area contributed by atoms with Gasteiger partial charge in [0, 0.05) is 55.8 Å². The Morgan fingerprint density at radius 3 is 2.79 bits per heavy atom. The Kier molecular flexibility index (Phi) is 5.41. The van der Waals surface area contributed by atoms with Gasteiger partial charge >= 0.3 is 0 Å². The number of halogens is 1. The third kappa shape index (κ3) is 3.66. The number of aromatic nitrogens is 3. The van der Waals surface area contributed by atoms with E-state index >= 15 is 0 Å². The van der Waals surface area contributed by atoms with Crippen molar-refractivity contribution in [1.82, 2.24) is 19.9 Å². The highest BCUT2D eigenvalue weighted by Crippen LogP contribution is 2.38. The smallest absolute Gasteiger partial charge is 0.179 e. The van der Waals surface area contributed by atoms with Crippen LogP contribution in [0.2, 0.25) is 5.02 Å². The molecule has 0 radical (unpaired) electrons. The van der Waals surface area contributed by atoms with Gasteiger partial charge in [-0.1, -0.05) is 17.7 Å². The first kappa shape index (κ1) is 18.7. The third-order valence-electron chi connectivity index (χ3n) is 4.89. The second-order valence-electron chi connectivity index (χ2n) is 6.64. The average molecular weight is 397 g/mol. The molecular formula is C21H21ClN4O2. The number of nitrogens with zero attached hydrogens (tertiary/aromatic N) is 4. The molecule has 144 valence electrons. The van der Waals surface area contributed by atoms with E-state index in [-0.39, 0.29) is 0 Å². The minimum atomic E-state index is 0.573. The summed E-state index contributed by atoms with van der Waals surface area (Å²) in [4.78, 5) is 15.8. The SMILES string of the molecule is COc1ccc(CN2CCc3nc(-c4cccnc4)ncc3C2)c(Cl)c1OC. The van der Waals surface area contributed by atoms with E-state index in [0.29, 0.717) is 16.5 Å². The van der Waals surface area contributed by atoms with Crippen LogP contribution < -0.4 is 9.47 Å². The van der Waals surface area contributed by atoms with Gasteiger partial charge in [0.05, 0.1) is 24.9 Å². The van der Waals surface area contributed by atoms with Crippen molar-refractivity contribution in [3.63, 3.8) is 0 Å². The van der Waals surface area contributed by atoms with Crippen molar-refractivity contribution < 1.29 is 9.47 Å². The second-order valence-corrected chi connectivity index (χ2v) is 7.02. The number of hydrogen-bond donors (Lipinski definition) is 0. The monoisotopic (exact) mass is 396 g/mol. The maximum Gasteiger partial charge on any atom is 0.179 e. The van der Waals surface area contributed by atoms with Crippen molar-refractivity contribution in [2.75, 3.05) is 20.8 Å². The van der Waals surface area contributed by atoms with Crippen LogP contribution in [0.5, 0.6) is 11.5 Å². The first-order chi connectivity index (χ1) is 13.7. The first-order valence-corrected chi connectivity index (χ1v) is 9.44. The molecule has 0 saturated heterocycles. The topological polar surface area (TPSA) is 60.4 Å². The minimum Gasteiger partial charge on any atom is -0.493 e. The van der Waals surface area contributed by atoms with Crippen LogP contribution in [0.25, 0.3) is 11.4 Å². The number of methoxy groups -OCH3 is 2. The van der Waals surface area contributed by atoms with Crippen molar-refractivity contribution in [2.24, 2.45) is 0 Å². The van der Waals surface area contributed by atoms with Crippen molar-refractivity contribution >= 4 is 11.6 Å². The molecule has 0 amide bonds. The molecule has 0 aliphatic carbocycles. The molecule has 1 aliphatic rings. The summed E-state index contributed by atoms with van der Waals surface area (Å²) < 4.78 is 10.7. The van der Waals surface area contributed by atoms with E-state index < -0.39 is 0 Å². The highest BCUT2D eigenvalue weighted by molar-refractivity contribution is 6.33. The first-order valence-electron chi connectivity index (χ1n) is 9.06. The lowest BCUT2D eigenvalue weighted by Gasteiger charge is -2.28. The predicted octanol–water partition coefficient (Wildman–Crippen LogP) is 3.77. The third-order valence-corrected chi connectivity index (χ3v) is 5.31. The Morgan fingerprint density at radius 1 is 1.14 bits per heavy atom. The molecule has 0 atom stereocenters. The van der Waals surface area contributed by atoms with Gasteiger partial charge in [0.1, 0.15) is 0 Å². The fourth-order valence-corrected chi connectivity index (χ4v) is 3.73. The quantitative estimate of drug-likeness (QED) is 0.654. The minimum absolute atomic E-state index is 0.573. The van der Waals surface area contributed by atoms with Gasteiger partial charge in [0.2, 0.25) is 0 Å². The van der Waals surface area contributed by atoms with E-state index in [1.165, 1.54) is 0 Å². The zero-order valence-corrected chi connectivity index (χ0v) is 16.6. The molecule has 3 heterocycles. The van der Waals surface area contributed by atoms with Crippen LogP contribution in [0.15, 0.2) is 42.9 Å². The van der Waals surface area contributed by atoms with E-state index in [4.69, 9.17) is 26.1 Å². The molecule has 4 rings (SSSR count). The molecule has 0 unspecified atom stereocenters. The predicted molar refractivity (Wildman–Crippen MR) is 108 cm³/mol. The molecule has 6 nitrogen and oxygen atoms in total. The Morgan fingerprint density at radius 2 is 2.04 bits per heavy atom. The number of pyridine rings is 1. The van der Waals surface area contributed by atoms with Gasteiger partial charge < -0.3 is 9.47 Å². The lowest BCUT2D eigenvalue weighted by atomic mass is 10.1. The molecule has 3 aromatic rings. The summed E-state index contributed by atoms with van der Waals surface area (Å²) in [5.74, 6) is 1.93. The molecule has 7 heteroatoms. The standard InChI is InChI=1S/C21H21ClN4O2/c1-27-18-6-5-15(19(22)20(18)28-2)12-26-9-7-17-16(13-26)11-24-21(25-17)14-4-3-8-23-10-14/h3-6,8,10-11H,7,9,12-13H2,1-2H3. The number of fused-ring (bicyclic) bond motifs is 1. The highest BCUT2D eigenvalue weighted by atomic mass is 35.5. The van der Waals surface area contributed by atoms with Crippen molar-refractivity contribution in [3.05, 3.63) is 64.7 Å². The van der Waals surface area contributed by atoms with Crippen LogP contribution in [0.4, 0.5) is 0 Å². The fraction of sp³-hybridized carbons (Fsp3) is 0.286. The Hall–Kier alpha value is -2.70. The largest absolute Gasteiger partial charge is 0.493 e. The van der Waals surface area contributed by atoms with Crippen LogP contribution in [0, 0.1) is 0 Å². The van der Waals surface area contributed by atoms with E-state index in [9.17, 15) is 0 Å². The summed E-state index contributed by atoms with van der Waals surface area (Å²) in [5.41, 5.74) is 4.19. The van der Waals surface area contributed by atoms with Gasteiger partial charge in [-0.05, 0) is 23.8 Å². The van der Waals surface area contributed by atoms with Crippen LogP contribution in [0.3, 0.4) is 0 Å². The van der Waals surface area contributed by atoms with Crippen molar-refractivity contribution in [2.45, 2.75) is 19.5 Å². The van der Waals surface area contributed by atoms with Crippen LogP contribution in [-0.4, -0.2) is 40.6 Å². The Labute approximate surface area is 169 Å². The molecule has 0 saturated carbocycles. The molecule has 28 heavy (non-hydrogen) atoms. The fourth-order valence-electron chi connectivity index (χ4n) is 3.44.